The fraction of sp³-hybridized carbons (Fsp3) is 0.600. The van der Waals surface area contributed by atoms with Crippen LogP contribution in [0.2, 0.25) is 0 Å². The molecule has 0 radical (unpaired) electrons. The maximum atomic E-state index is 14.0. The van der Waals surface area contributed by atoms with Gasteiger partial charge >= 0.3 is 0 Å². The smallest absolute Gasteiger partial charge is 0.256 e. The zero-order valence-electron chi connectivity index (χ0n) is 15.3. The highest BCUT2D eigenvalue weighted by molar-refractivity contribution is 5.94. The zero-order valence-corrected chi connectivity index (χ0v) is 15.3. The first-order chi connectivity index (χ1) is 12.4. The van der Waals surface area contributed by atoms with Gasteiger partial charge in [-0.15, -0.1) is 0 Å². The van der Waals surface area contributed by atoms with E-state index in [-0.39, 0.29) is 16.9 Å². The first-order valence-electron chi connectivity index (χ1n) is 9.46. The molecule has 1 aromatic rings. The van der Waals surface area contributed by atoms with E-state index in [1.165, 1.54) is 6.07 Å². The Morgan fingerprint density at radius 1 is 1.23 bits per heavy atom. The summed E-state index contributed by atoms with van der Waals surface area (Å²) < 4.78 is 27.1. The van der Waals surface area contributed by atoms with E-state index < -0.39 is 17.5 Å². The number of hydrogen-bond donors (Lipinski definition) is 0. The summed E-state index contributed by atoms with van der Waals surface area (Å²) in [6.45, 7) is 4.63. The van der Waals surface area contributed by atoms with Crippen LogP contribution in [0.5, 0.6) is 0 Å². The first-order valence-corrected chi connectivity index (χ1v) is 9.46. The molecule has 2 fully saturated rings. The second kappa shape index (κ2) is 7.72. The summed E-state index contributed by atoms with van der Waals surface area (Å²) in [6, 6.07) is 3.08. The lowest BCUT2D eigenvalue weighted by molar-refractivity contribution is -0.139. The highest BCUT2D eigenvalue weighted by Gasteiger charge is 2.42. The van der Waals surface area contributed by atoms with Crippen molar-refractivity contribution in [1.82, 2.24) is 9.80 Å². The number of hydrogen-bond acceptors (Lipinski definition) is 2. The molecule has 2 aliphatic heterocycles. The summed E-state index contributed by atoms with van der Waals surface area (Å²) in [6.07, 6.45) is 5.10. The quantitative estimate of drug-likeness (QED) is 0.819. The number of halogens is 2. The predicted molar refractivity (Wildman–Crippen MR) is 94.7 cm³/mol. The molecule has 2 saturated heterocycles. The van der Waals surface area contributed by atoms with Gasteiger partial charge in [0.2, 0.25) is 5.91 Å². The maximum absolute atomic E-state index is 14.0. The van der Waals surface area contributed by atoms with Gasteiger partial charge in [-0.25, -0.2) is 8.78 Å². The van der Waals surface area contributed by atoms with E-state index in [1.807, 2.05) is 4.90 Å². The van der Waals surface area contributed by atoms with E-state index in [0.717, 1.165) is 50.8 Å². The Kier molecular flexibility index (Phi) is 5.58. The third-order valence-corrected chi connectivity index (χ3v) is 5.64. The number of carbonyl (C=O) groups excluding carboxylic acids is 2. The topological polar surface area (TPSA) is 40.6 Å². The number of rotatable bonds is 4. The van der Waals surface area contributed by atoms with Crippen LogP contribution in [0, 0.1) is 17.0 Å². The van der Waals surface area contributed by atoms with E-state index in [1.54, 1.807) is 4.90 Å². The third-order valence-electron chi connectivity index (χ3n) is 5.64. The summed E-state index contributed by atoms with van der Waals surface area (Å²) in [4.78, 5) is 28.6. The molecule has 2 amide bonds. The van der Waals surface area contributed by atoms with Gasteiger partial charge in [0.05, 0.1) is 5.56 Å². The molecule has 1 atom stereocenters. The predicted octanol–water partition coefficient (Wildman–Crippen LogP) is 3.61. The number of carbonyl (C=O) groups is 2. The number of nitrogens with zero attached hydrogens (tertiary/aromatic N) is 2. The van der Waals surface area contributed by atoms with Gasteiger partial charge in [0.15, 0.2) is 0 Å². The summed E-state index contributed by atoms with van der Waals surface area (Å²) in [7, 11) is 0. The lowest BCUT2D eigenvalue weighted by Crippen LogP contribution is -2.55. The highest BCUT2D eigenvalue weighted by Crippen LogP contribution is 2.39. The van der Waals surface area contributed by atoms with Crippen LogP contribution in [-0.2, 0) is 4.79 Å². The SMILES string of the molecule is CCCCN1C[C@@]2(CCCN(C(=O)c3ccc(F)cc3F)C2)CCC1=O. The average molecular weight is 364 g/mol. The monoisotopic (exact) mass is 364 g/mol. The summed E-state index contributed by atoms with van der Waals surface area (Å²) in [5.74, 6) is -1.71. The molecule has 142 valence electrons. The number of amides is 2. The molecular formula is C20H26F2N2O2. The number of likely N-dealkylation sites (tertiary alicyclic amines) is 2. The summed E-state index contributed by atoms with van der Waals surface area (Å²) >= 11 is 0. The number of piperidine rings is 2. The number of benzene rings is 1. The van der Waals surface area contributed by atoms with Crippen molar-refractivity contribution in [2.75, 3.05) is 26.2 Å². The number of unbranched alkanes of at least 4 members (excludes halogenated alkanes) is 1. The molecule has 1 aromatic carbocycles. The fourth-order valence-electron chi connectivity index (χ4n) is 4.20. The van der Waals surface area contributed by atoms with Crippen molar-refractivity contribution in [2.45, 2.75) is 45.4 Å². The standard InChI is InChI=1S/C20H26F2N2O2/c1-2-3-10-23-13-20(9-7-18(23)25)8-4-11-24(14-20)19(26)16-6-5-15(21)12-17(16)22/h5-6,12H,2-4,7-11,13-14H2,1H3/t20-/m1/s1. The summed E-state index contributed by atoms with van der Waals surface area (Å²) in [5.41, 5.74) is -0.190. The Morgan fingerprint density at radius 2 is 2.04 bits per heavy atom. The van der Waals surface area contributed by atoms with Crippen LogP contribution in [0.4, 0.5) is 8.78 Å². The van der Waals surface area contributed by atoms with Gasteiger partial charge in [-0.3, -0.25) is 9.59 Å². The van der Waals surface area contributed by atoms with Gasteiger partial charge in [0.1, 0.15) is 11.6 Å². The van der Waals surface area contributed by atoms with Crippen molar-refractivity contribution < 1.29 is 18.4 Å². The highest BCUT2D eigenvalue weighted by atomic mass is 19.1. The van der Waals surface area contributed by atoms with E-state index in [0.29, 0.717) is 26.1 Å². The molecule has 4 nitrogen and oxygen atoms in total. The fourth-order valence-corrected chi connectivity index (χ4v) is 4.20. The molecule has 1 spiro atoms. The van der Waals surface area contributed by atoms with Crippen LogP contribution >= 0.6 is 0 Å². The molecule has 0 saturated carbocycles. The van der Waals surface area contributed by atoms with Crippen molar-refractivity contribution in [2.24, 2.45) is 5.41 Å². The zero-order chi connectivity index (χ0) is 18.7. The molecular weight excluding hydrogens is 338 g/mol. The van der Waals surface area contributed by atoms with Crippen LogP contribution < -0.4 is 0 Å². The lowest BCUT2D eigenvalue weighted by atomic mass is 9.73. The second-order valence-corrected chi connectivity index (χ2v) is 7.62. The molecule has 2 heterocycles. The molecule has 2 aliphatic rings. The van der Waals surface area contributed by atoms with Gasteiger partial charge in [-0.2, -0.15) is 0 Å². The molecule has 6 heteroatoms. The van der Waals surface area contributed by atoms with E-state index in [2.05, 4.69) is 6.92 Å². The van der Waals surface area contributed by atoms with Crippen molar-refractivity contribution in [1.29, 1.82) is 0 Å². The first kappa shape index (κ1) is 18.8. The molecule has 26 heavy (non-hydrogen) atoms. The van der Waals surface area contributed by atoms with Crippen LogP contribution in [0.15, 0.2) is 18.2 Å². The third kappa shape index (κ3) is 3.89. The van der Waals surface area contributed by atoms with Gasteiger partial charge in [0, 0.05) is 44.1 Å². The van der Waals surface area contributed by atoms with Crippen molar-refractivity contribution in [3.8, 4) is 0 Å². The Labute approximate surface area is 153 Å². The Bertz CT molecular complexity index is 694. The minimum absolute atomic E-state index is 0.0850. The Hall–Kier alpha value is -1.98. The van der Waals surface area contributed by atoms with Gasteiger partial charge in [0.25, 0.3) is 5.91 Å². The van der Waals surface area contributed by atoms with Crippen LogP contribution in [0.25, 0.3) is 0 Å². The van der Waals surface area contributed by atoms with Gasteiger partial charge in [-0.1, -0.05) is 13.3 Å². The van der Waals surface area contributed by atoms with Crippen molar-refractivity contribution in [3.63, 3.8) is 0 Å². The molecule has 0 aliphatic carbocycles. The van der Waals surface area contributed by atoms with Crippen LogP contribution in [0.1, 0.15) is 55.8 Å². The van der Waals surface area contributed by atoms with Gasteiger partial charge in [-0.05, 0) is 37.8 Å². The van der Waals surface area contributed by atoms with Gasteiger partial charge < -0.3 is 9.80 Å². The van der Waals surface area contributed by atoms with Crippen molar-refractivity contribution >= 4 is 11.8 Å². The Morgan fingerprint density at radius 3 is 2.77 bits per heavy atom. The van der Waals surface area contributed by atoms with E-state index >= 15 is 0 Å². The minimum Gasteiger partial charge on any atom is -0.342 e. The average Bonchev–Trinajstić information content (AvgIpc) is 2.62. The summed E-state index contributed by atoms with van der Waals surface area (Å²) in [5, 5.41) is 0. The second-order valence-electron chi connectivity index (χ2n) is 7.62. The molecule has 0 N–H and O–H groups in total. The Balaban J connectivity index is 1.74. The molecule has 0 aromatic heterocycles. The molecule has 3 rings (SSSR count). The van der Waals surface area contributed by atoms with E-state index in [9.17, 15) is 18.4 Å². The van der Waals surface area contributed by atoms with Crippen molar-refractivity contribution in [3.05, 3.63) is 35.4 Å². The molecule has 0 bridgehead atoms. The lowest BCUT2D eigenvalue weighted by Gasteiger charge is -2.48. The normalized spacial score (nSPS) is 23.6. The van der Waals surface area contributed by atoms with Crippen LogP contribution in [0.3, 0.4) is 0 Å². The largest absolute Gasteiger partial charge is 0.342 e. The maximum Gasteiger partial charge on any atom is 0.256 e. The minimum atomic E-state index is -0.821. The van der Waals surface area contributed by atoms with Crippen LogP contribution in [-0.4, -0.2) is 47.8 Å². The van der Waals surface area contributed by atoms with E-state index in [4.69, 9.17) is 0 Å². The molecule has 0 unspecified atom stereocenters.